The van der Waals surface area contributed by atoms with Gasteiger partial charge < -0.3 is 20.6 Å². The molecule has 3 aliphatic rings. The van der Waals surface area contributed by atoms with Crippen molar-refractivity contribution in [2.24, 2.45) is 23.2 Å². The van der Waals surface area contributed by atoms with Gasteiger partial charge in [0.2, 0.25) is 5.91 Å². The van der Waals surface area contributed by atoms with Crippen molar-refractivity contribution >= 4 is 5.91 Å². The predicted octanol–water partition coefficient (Wildman–Crippen LogP) is 4.58. The van der Waals surface area contributed by atoms with Crippen molar-refractivity contribution in [3.05, 3.63) is 35.5 Å². The molecular weight excluding hydrogens is 459 g/mol. The number of alkyl halides is 3. The van der Waals surface area contributed by atoms with Crippen LogP contribution in [0, 0.1) is 23.2 Å². The Hall–Kier alpha value is -1.64. The normalized spacial score (nSPS) is 36.7. The lowest BCUT2D eigenvalue weighted by molar-refractivity contribution is -0.253. The summed E-state index contributed by atoms with van der Waals surface area (Å²) in [4.78, 5) is 12.1. The highest BCUT2D eigenvalue weighted by atomic mass is 19.4. The standard InChI is InChI=1S/C27H40F3NO4/c1-16(15-31-24(34)14-26(4,35)27(28,29)30)21-9-10-22-18(6-5-11-25(21,22)3)7-8-19-12-20(32)13-23(33)17(19)2/h7-8,16,20-23,32-33,35H,2,5-6,9-15H2,1,3-4H3,(H,31,34)/t16-,20-,21-,22?,23+,25-,26+/m1/s1. The van der Waals surface area contributed by atoms with Gasteiger partial charge in [-0.1, -0.05) is 38.2 Å². The van der Waals surface area contributed by atoms with Crippen LogP contribution in [0.4, 0.5) is 13.2 Å². The van der Waals surface area contributed by atoms with Gasteiger partial charge in [-0.05, 0) is 79.8 Å². The van der Waals surface area contributed by atoms with E-state index in [4.69, 9.17) is 0 Å². The lowest BCUT2D eigenvalue weighted by Gasteiger charge is -2.44. The molecule has 0 aliphatic heterocycles. The lowest BCUT2D eigenvalue weighted by atomic mass is 9.61. The van der Waals surface area contributed by atoms with Crippen LogP contribution in [-0.2, 0) is 4.79 Å². The summed E-state index contributed by atoms with van der Waals surface area (Å²) in [6.07, 6.45) is 2.88. The van der Waals surface area contributed by atoms with Crippen molar-refractivity contribution in [3.63, 3.8) is 0 Å². The Bertz CT molecular complexity index is 878. The van der Waals surface area contributed by atoms with Gasteiger partial charge >= 0.3 is 6.18 Å². The highest BCUT2D eigenvalue weighted by molar-refractivity contribution is 5.77. The number of nitrogens with one attached hydrogen (secondary N) is 1. The molecule has 0 aromatic heterocycles. The molecule has 3 rings (SSSR count). The number of carbonyl (C=O) groups excluding carboxylic acids is 1. The van der Waals surface area contributed by atoms with Crippen LogP contribution in [0.2, 0.25) is 0 Å². The zero-order valence-electron chi connectivity index (χ0n) is 21.0. The van der Waals surface area contributed by atoms with Crippen LogP contribution >= 0.6 is 0 Å². The van der Waals surface area contributed by atoms with Crippen LogP contribution in [0.5, 0.6) is 0 Å². The molecular formula is C27H40F3NO4. The average Bonchev–Trinajstić information content (AvgIpc) is 3.10. The molecule has 3 saturated carbocycles. The second-order valence-corrected chi connectivity index (χ2v) is 11.4. The highest BCUT2D eigenvalue weighted by Crippen LogP contribution is 2.59. The SMILES string of the molecule is C=C1C(=CC=C2CCC[C@@]3(C)C2CC[C@@H]3[C@H](C)CNC(=O)C[C@](C)(O)C(F)(F)F)C[C@@H](O)C[C@@H]1O. The fourth-order valence-corrected chi connectivity index (χ4v) is 6.57. The second kappa shape index (κ2) is 10.4. The molecule has 8 heteroatoms. The third-order valence-electron chi connectivity index (χ3n) is 8.73. The molecule has 0 saturated heterocycles. The average molecular weight is 500 g/mol. The van der Waals surface area contributed by atoms with E-state index in [0.29, 0.717) is 37.2 Å². The fraction of sp³-hybridized carbons (Fsp3) is 0.741. The molecule has 3 aliphatic carbocycles. The number of carbonyl (C=O) groups is 1. The van der Waals surface area contributed by atoms with Crippen molar-refractivity contribution in [2.75, 3.05) is 6.54 Å². The van der Waals surface area contributed by atoms with Crippen molar-refractivity contribution in [2.45, 2.75) is 96.1 Å². The maximum atomic E-state index is 12.9. The van der Waals surface area contributed by atoms with E-state index in [9.17, 15) is 33.3 Å². The summed E-state index contributed by atoms with van der Waals surface area (Å²) in [5, 5.41) is 32.3. The van der Waals surface area contributed by atoms with E-state index in [1.165, 1.54) is 5.57 Å². The van der Waals surface area contributed by atoms with E-state index in [1.807, 2.05) is 13.0 Å². The number of aliphatic hydroxyl groups excluding tert-OH is 2. The van der Waals surface area contributed by atoms with Gasteiger partial charge in [0.1, 0.15) is 0 Å². The number of hydrogen-bond acceptors (Lipinski definition) is 4. The summed E-state index contributed by atoms with van der Waals surface area (Å²) < 4.78 is 38.6. The highest BCUT2D eigenvalue weighted by Gasteiger charge is 2.52. The molecule has 198 valence electrons. The molecule has 0 radical (unpaired) electrons. The van der Waals surface area contributed by atoms with Gasteiger partial charge in [-0.3, -0.25) is 4.79 Å². The van der Waals surface area contributed by atoms with E-state index >= 15 is 0 Å². The third-order valence-corrected chi connectivity index (χ3v) is 8.73. The lowest BCUT2D eigenvalue weighted by Crippen LogP contribution is -2.47. The zero-order valence-corrected chi connectivity index (χ0v) is 21.0. The van der Waals surface area contributed by atoms with Crippen molar-refractivity contribution in [3.8, 4) is 0 Å². The summed E-state index contributed by atoms with van der Waals surface area (Å²) in [5.74, 6) is -0.00721. The molecule has 3 fully saturated rings. The molecule has 35 heavy (non-hydrogen) atoms. The Morgan fingerprint density at radius 3 is 2.63 bits per heavy atom. The van der Waals surface area contributed by atoms with Gasteiger partial charge in [0.25, 0.3) is 0 Å². The van der Waals surface area contributed by atoms with Gasteiger partial charge in [0, 0.05) is 13.0 Å². The van der Waals surface area contributed by atoms with Crippen LogP contribution in [0.3, 0.4) is 0 Å². The van der Waals surface area contributed by atoms with Crippen molar-refractivity contribution in [1.82, 2.24) is 5.32 Å². The molecule has 0 heterocycles. The largest absolute Gasteiger partial charge is 0.417 e. The third kappa shape index (κ3) is 6.03. The molecule has 0 aromatic rings. The summed E-state index contributed by atoms with van der Waals surface area (Å²) >= 11 is 0. The fourth-order valence-electron chi connectivity index (χ4n) is 6.57. The molecule has 4 N–H and O–H groups in total. The number of halogens is 3. The van der Waals surface area contributed by atoms with Crippen LogP contribution in [0.15, 0.2) is 35.5 Å². The summed E-state index contributed by atoms with van der Waals surface area (Å²) in [6, 6.07) is 0. The molecule has 0 bridgehead atoms. The van der Waals surface area contributed by atoms with Gasteiger partial charge in [-0.25, -0.2) is 0 Å². The zero-order chi connectivity index (χ0) is 26.2. The van der Waals surface area contributed by atoms with E-state index in [2.05, 4.69) is 24.9 Å². The van der Waals surface area contributed by atoms with E-state index in [-0.39, 0.29) is 17.9 Å². The van der Waals surface area contributed by atoms with Gasteiger partial charge in [0.05, 0.1) is 18.6 Å². The molecule has 0 spiro atoms. The van der Waals surface area contributed by atoms with Crippen molar-refractivity contribution in [1.29, 1.82) is 0 Å². The van der Waals surface area contributed by atoms with Crippen LogP contribution < -0.4 is 5.32 Å². The van der Waals surface area contributed by atoms with Crippen LogP contribution in [-0.4, -0.2) is 51.8 Å². The minimum atomic E-state index is -4.86. The number of aliphatic hydroxyl groups is 3. The number of hydrogen-bond donors (Lipinski definition) is 4. The van der Waals surface area contributed by atoms with Crippen molar-refractivity contribution < 1.29 is 33.3 Å². The first-order chi connectivity index (χ1) is 16.2. The van der Waals surface area contributed by atoms with Crippen LogP contribution in [0.25, 0.3) is 0 Å². The Balaban J connectivity index is 1.65. The summed E-state index contributed by atoms with van der Waals surface area (Å²) in [6.45, 7) is 9.21. The molecule has 1 unspecified atom stereocenters. The Kier molecular flexibility index (Phi) is 8.29. The number of rotatable bonds is 6. The summed E-state index contributed by atoms with van der Waals surface area (Å²) in [7, 11) is 0. The topological polar surface area (TPSA) is 89.8 Å². The van der Waals surface area contributed by atoms with E-state index in [0.717, 1.165) is 37.7 Å². The number of amides is 1. The quantitative estimate of drug-likeness (QED) is 0.431. The van der Waals surface area contributed by atoms with Gasteiger partial charge in [0.15, 0.2) is 5.60 Å². The Morgan fingerprint density at radius 1 is 1.29 bits per heavy atom. The Labute approximate surface area is 206 Å². The Morgan fingerprint density at radius 2 is 1.97 bits per heavy atom. The number of fused-ring (bicyclic) bond motifs is 1. The smallest absolute Gasteiger partial charge is 0.393 e. The first-order valence-electron chi connectivity index (χ1n) is 12.7. The molecule has 7 atom stereocenters. The van der Waals surface area contributed by atoms with E-state index in [1.54, 1.807) is 0 Å². The molecule has 5 nitrogen and oxygen atoms in total. The predicted molar refractivity (Wildman–Crippen MR) is 128 cm³/mol. The minimum absolute atomic E-state index is 0.0345. The van der Waals surface area contributed by atoms with Crippen LogP contribution in [0.1, 0.15) is 72.1 Å². The number of allylic oxidation sites excluding steroid dienone is 3. The monoisotopic (exact) mass is 499 g/mol. The van der Waals surface area contributed by atoms with Gasteiger partial charge in [-0.2, -0.15) is 13.2 Å². The van der Waals surface area contributed by atoms with E-state index < -0.39 is 36.3 Å². The maximum absolute atomic E-state index is 12.9. The second-order valence-electron chi connectivity index (χ2n) is 11.4. The summed E-state index contributed by atoms with van der Waals surface area (Å²) in [5.41, 5.74) is -0.0981. The molecule has 1 amide bonds. The molecule has 0 aromatic carbocycles. The maximum Gasteiger partial charge on any atom is 0.417 e. The van der Waals surface area contributed by atoms with Gasteiger partial charge in [-0.15, -0.1) is 0 Å². The first kappa shape index (κ1) is 27.9. The minimum Gasteiger partial charge on any atom is -0.393 e. The first-order valence-corrected chi connectivity index (χ1v) is 12.7.